The second-order valence-corrected chi connectivity index (χ2v) is 9.32. The molecule has 0 aromatic heterocycles. The van der Waals surface area contributed by atoms with E-state index in [4.69, 9.17) is 0 Å². The van der Waals surface area contributed by atoms with Gasteiger partial charge in [-0.3, -0.25) is 0 Å². The SMILES string of the molecule is [Si]CCCNCCCCCCCCCCCCCCCCCNCc1ccccc1. The number of hydrogen-bond donors (Lipinski definition) is 2. The minimum Gasteiger partial charge on any atom is -0.317 e. The molecule has 1 aromatic rings. The summed E-state index contributed by atoms with van der Waals surface area (Å²) < 4.78 is 0. The highest BCUT2D eigenvalue weighted by molar-refractivity contribution is 6.08. The third-order valence-corrected chi connectivity index (χ3v) is 6.26. The van der Waals surface area contributed by atoms with Crippen molar-refractivity contribution in [1.29, 1.82) is 0 Å². The van der Waals surface area contributed by atoms with Gasteiger partial charge in [0, 0.05) is 16.8 Å². The van der Waals surface area contributed by atoms with Gasteiger partial charge in [-0.15, -0.1) is 0 Å². The number of nitrogens with one attached hydrogen (secondary N) is 2. The minimum atomic E-state index is 1.01. The van der Waals surface area contributed by atoms with Crippen molar-refractivity contribution in [3.63, 3.8) is 0 Å². The van der Waals surface area contributed by atoms with Crippen molar-refractivity contribution >= 4 is 10.2 Å². The summed E-state index contributed by atoms with van der Waals surface area (Å²) >= 11 is 0. The van der Waals surface area contributed by atoms with E-state index in [-0.39, 0.29) is 0 Å². The summed E-state index contributed by atoms with van der Waals surface area (Å²) in [5.41, 5.74) is 1.39. The monoisotopic (exact) mass is 429 g/mol. The molecule has 0 atom stereocenters. The second kappa shape index (κ2) is 23.0. The molecule has 0 saturated carbocycles. The zero-order chi connectivity index (χ0) is 21.4. The molecular weight excluding hydrogens is 380 g/mol. The van der Waals surface area contributed by atoms with Crippen LogP contribution in [0.25, 0.3) is 0 Å². The van der Waals surface area contributed by atoms with Crippen LogP contribution in [0, 0.1) is 0 Å². The van der Waals surface area contributed by atoms with Crippen LogP contribution in [0.2, 0.25) is 6.04 Å². The van der Waals surface area contributed by atoms with E-state index in [0.717, 1.165) is 25.7 Å². The maximum atomic E-state index is 3.56. The highest BCUT2D eigenvalue weighted by atomic mass is 28.1. The molecule has 0 aliphatic heterocycles. The topological polar surface area (TPSA) is 24.1 Å². The molecule has 0 saturated heterocycles. The standard InChI is InChI=1S/C27H49N2Si/c30-25-19-24-28-22-17-12-10-8-6-4-2-1-3-5-7-9-11-13-18-23-29-26-27-20-15-14-16-21-27/h14-16,20-21,28-29H,1-13,17-19,22-26H2. The van der Waals surface area contributed by atoms with E-state index in [1.807, 2.05) is 0 Å². The van der Waals surface area contributed by atoms with Gasteiger partial charge in [0.2, 0.25) is 0 Å². The summed E-state index contributed by atoms with van der Waals surface area (Å²) in [7, 11) is 3.52. The zero-order valence-corrected chi connectivity index (χ0v) is 20.7. The van der Waals surface area contributed by atoms with Crippen LogP contribution in [-0.2, 0) is 6.54 Å². The lowest BCUT2D eigenvalue weighted by atomic mass is 10.0. The summed E-state index contributed by atoms with van der Waals surface area (Å²) in [4.78, 5) is 0. The summed E-state index contributed by atoms with van der Waals surface area (Å²) in [6, 6.07) is 11.8. The molecular formula is C27H49N2Si. The maximum absolute atomic E-state index is 3.56. The van der Waals surface area contributed by atoms with E-state index in [2.05, 4.69) is 51.2 Å². The predicted octanol–water partition coefficient (Wildman–Crippen LogP) is 7.19. The maximum Gasteiger partial charge on any atom is 0.0222 e. The van der Waals surface area contributed by atoms with Crippen LogP contribution in [0.15, 0.2) is 30.3 Å². The molecule has 171 valence electrons. The van der Waals surface area contributed by atoms with Crippen molar-refractivity contribution < 1.29 is 0 Å². The van der Waals surface area contributed by atoms with Crippen LogP contribution >= 0.6 is 0 Å². The summed E-state index contributed by atoms with van der Waals surface area (Å²) in [6.45, 7) is 4.53. The summed E-state index contributed by atoms with van der Waals surface area (Å²) in [5, 5.41) is 7.07. The van der Waals surface area contributed by atoms with Gasteiger partial charge in [0.15, 0.2) is 0 Å². The lowest BCUT2D eigenvalue weighted by Crippen LogP contribution is -2.16. The van der Waals surface area contributed by atoms with Crippen molar-refractivity contribution in [3.8, 4) is 0 Å². The predicted molar refractivity (Wildman–Crippen MR) is 135 cm³/mol. The Hall–Kier alpha value is -0.643. The number of rotatable bonds is 23. The van der Waals surface area contributed by atoms with Crippen molar-refractivity contribution in [2.45, 2.75) is 115 Å². The largest absolute Gasteiger partial charge is 0.317 e. The van der Waals surface area contributed by atoms with Gasteiger partial charge < -0.3 is 10.6 Å². The van der Waals surface area contributed by atoms with E-state index in [1.54, 1.807) is 0 Å². The first kappa shape index (κ1) is 27.4. The molecule has 0 spiro atoms. The van der Waals surface area contributed by atoms with Crippen LogP contribution in [0.4, 0.5) is 0 Å². The molecule has 0 fully saturated rings. The average molecular weight is 430 g/mol. The lowest BCUT2D eigenvalue weighted by molar-refractivity contribution is 0.522. The Labute approximate surface area is 191 Å². The minimum absolute atomic E-state index is 1.01. The molecule has 1 rings (SSSR count). The summed E-state index contributed by atoms with van der Waals surface area (Å²) in [5.74, 6) is 0. The van der Waals surface area contributed by atoms with Crippen LogP contribution in [0.3, 0.4) is 0 Å². The Morgan fingerprint density at radius 2 is 0.867 bits per heavy atom. The average Bonchev–Trinajstić information content (AvgIpc) is 2.78. The van der Waals surface area contributed by atoms with Gasteiger partial charge in [0.1, 0.15) is 0 Å². The van der Waals surface area contributed by atoms with Crippen LogP contribution in [-0.4, -0.2) is 29.9 Å². The van der Waals surface area contributed by atoms with Crippen molar-refractivity contribution in [2.24, 2.45) is 0 Å². The third kappa shape index (κ3) is 19.3. The first-order valence-corrected chi connectivity index (χ1v) is 13.7. The van der Waals surface area contributed by atoms with Crippen LogP contribution in [0.5, 0.6) is 0 Å². The Kier molecular flexibility index (Phi) is 21.0. The highest BCUT2D eigenvalue weighted by Crippen LogP contribution is 2.13. The first-order valence-electron chi connectivity index (χ1n) is 13.0. The van der Waals surface area contributed by atoms with Gasteiger partial charge in [-0.2, -0.15) is 0 Å². The molecule has 0 aliphatic carbocycles. The van der Waals surface area contributed by atoms with Crippen molar-refractivity contribution in [3.05, 3.63) is 35.9 Å². The Morgan fingerprint density at radius 1 is 0.467 bits per heavy atom. The molecule has 0 amide bonds. The first-order chi connectivity index (χ1) is 14.9. The fourth-order valence-corrected chi connectivity index (χ4v) is 4.14. The van der Waals surface area contributed by atoms with Gasteiger partial charge >= 0.3 is 0 Å². The van der Waals surface area contributed by atoms with E-state index in [1.165, 1.54) is 115 Å². The molecule has 0 heterocycles. The second-order valence-electron chi connectivity index (χ2n) is 8.82. The van der Waals surface area contributed by atoms with Crippen molar-refractivity contribution in [1.82, 2.24) is 10.6 Å². The molecule has 0 bridgehead atoms. The van der Waals surface area contributed by atoms with Gasteiger partial charge in [-0.25, -0.2) is 0 Å². The Morgan fingerprint density at radius 3 is 1.33 bits per heavy atom. The number of hydrogen-bond acceptors (Lipinski definition) is 2. The molecule has 2 N–H and O–H groups in total. The van der Waals surface area contributed by atoms with Crippen LogP contribution < -0.4 is 10.6 Å². The third-order valence-electron chi connectivity index (χ3n) is 5.91. The zero-order valence-electron chi connectivity index (χ0n) is 19.7. The molecule has 3 heteroatoms. The van der Waals surface area contributed by atoms with E-state index in [9.17, 15) is 0 Å². The van der Waals surface area contributed by atoms with E-state index in [0.29, 0.717) is 0 Å². The van der Waals surface area contributed by atoms with Gasteiger partial charge in [-0.1, -0.05) is 120 Å². The highest BCUT2D eigenvalue weighted by Gasteiger charge is 1.96. The van der Waals surface area contributed by atoms with Gasteiger partial charge in [0.05, 0.1) is 0 Å². The van der Waals surface area contributed by atoms with Gasteiger partial charge in [0.25, 0.3) is 0 Å². The summed E-state index contributed by atoms with van der Waals surface area (Å²) in [6.07, 6.45) is 22.6. The number of benzene rings is 1. The Balaban J connectivity index is 1.65. The normalized spacial score (nSPS) is 11.2. The fraction of sp³-hybridized carbons (Fsp3) is 0.778. The lowest BCUT2D eigenvalue weighted by Gasteiger charge is -2.05. The van der Waals surface area contributed by atoms with Crippen LogP contribution in [0.1, 0.15) is 108 Å². The molecule has 1 aromatic carbocycles. The molecule has 3 radical (unpaired) electrons. The van der Waals surface area contributed by atoms with Gasteiger partial charge in [-0.05, 0) is 44.5 Å². The quantitative estimate of drug-likeness (QED) is 0.142. The smallest absolute Gasteiger partial charge is 0.0222 e. The molecule has 0 unspecified atom stereocenters. The van der Waals surface area contributed by atoms with Crippen molar-refractivity contribution in [2.75, 3.05) is 19.6 Å². The Bertz CT molecular complexity index is 438. The number of unbranched alkanes of at least 4 members (excludes halogenated alkanes) is 14. The van der Waals surface area contributed by atoms with E-state index < -0.39 is 0 Å². The molecule has 0 aliphatic rings. The van der Waals surface area contributed by atoms with E-state index >= 15 is 0 Å². The fourth-order valence-electron chi connectivity index (χ4n) is 3.97. The molecule has 2 nitrogen and oxygen atoms in total. The molecule has 30 heavy (non-hydrogen) atoms.